The van der Waals surface area contributed by atoms with E-state index in [-0.39, 0.29) is 17.0 Å². The summed E-state index contributed by atoms with van der Waals surface area (Å²) in [5, 5.41) is 0. The molecule has 1 spiro atoms. The highest BCUT2D eigenvalue weighted by Crippen LogP contribution is 2.51. The van der Waals surface area contributed by atoms with Gasteiger partial charge < -0.3 is 14.2 Å². The number of hydrogen-bond donors (Lipinski definition) is 1. The molecule has 2 aliphatic heterocycles. The molecule has 0 aromatic rings. The lowest BCUT2D eigenvalue weighted by atomic mass is 9.73. The Hall–Kier alpha value is -0.300. The van der Waals surface area contributed by atoms with Crippen LogP contribution < -0.4 is 0 Å². The zero-order valence-electron chi connectivity index (χ0n) is 16.0. The normalized spacial score (nSPS) is 35.8. The van der Waals surface area contributed by atoms with Crippen LogP contribution in [0.5, 0.6) is 0 Å². The number of carbonyl (C=O) groups excluding carboxylic acids is 1. The summed E-state index contributed by atoms with van der Waals surface area (Å²) in [6.07, 6.45) is 3.43. The van der Waals surface area contributed by atoms with Gasteiger partial charge in [0.2, 0.25) is 0 Å². The van der Waals surface area contributed by atoms with Gasteiger partial charge in [0.05, 0.1) is 19.8 Å². The van der Waals surface area contributed by atoms with Crippen molar-refractivity contribution in [3.8, 4) is 0 Å². The summed E-state index contributed by atoms with van der Waals surface area (Å²) in [5.41, 5.74) is -0.974. The second-order valence-corrected chi connectivity index (χ2v) is 8.58. The van der Waals surface area contributed by atoms with Crippen LogP contribution in [0.25, 0.3) is 0 Å². The first-order chi connectivity index (χ1) is 11.1. The first-order valence-electron chi connectivity index (χ1n) is 9.03. The van der Waals surface area contributed by atoms with Crippen molar-refractivity contribution in [2.45, 2.75) is 84.1 Å². The fourth-order valence-corrected chi connectivity index (χ4v) is 4.53. The number of piperidine rings is 1. The van der Waals surface area contributed by atoms with Crippen LogP contribution in [-0.4, -0.2) is 47.0 Å². The molecule has 0 atom stereocenters. The molecule has 2 rings (SSSR count). The molecule has 0 aromatic carbocycles. The first kappa shape index (κ1) is 20.0. The molecule has 0 N–H and O–H groups in total. The molecular formula is C18H33NO4S. The number of thiol groups is 1. The van der Waals surface area contributed by atoms with E-state index in [0.29, 0.717) is 19.8 Å². The fourth-order valence-electron chi connectivity index (χ4n) is 4.11. The summed E-state index contributed by atoms with van der Waals surface area (Å²) < 4.78 is 19.9. The van der Waals surface area contributed by atoms with E-state index in [1.807, 2.05) is 13.8 Å². The zero-order chi connectivity index (χ0) is 18.2. The number of esters is 1. The average molecular weight is 360 g/mol. The molecule has 0 unspecified atom stereocenters. The van der Waals surface area contributed by atoms with E-state index in [1.165, 1.54) is 0 Å². The molecule has 0 aromatic heterocycles. The molecule has 0 bridgehead atoms. The maximum Gasteiger partial charge on any atom is 0.316 e. The third kappa shape index (κ3) is 3.35. The van der Waals surface area contributed by atoms with Crippen molar-refractivity contribution >= 4 is 18.8 Å². The lowest BCUT2D eigenvalue weighted by Gasteiger charge is -2.60. The van der Waals surface area contributed by atoms with Crippen molar-refractivity contribution in [3.63, 3.8) is 0 Å². The lowest BCUT2D eigenvalue weighted by Crippen LogP contribution is -2.67. The van der Waals surface area contributed by atoms with Gasteiger partial charge in [0.15, 0.2) is 5.79 Å². The highest BCUT2D eigenvalue weighted by Gasteiger charge is 2.58. The molecule has 24 heavy (non-hydrogen) atoms. The molecule has 2 heterocycles. The van der Waals surface area contributed by atoms with E-state index in [4.69, 9.17) is 27.0 Å². The van der Waals surface area contributed by atoms with Gasteiger partial charge >= 0.3 is 5.97 Å². The van der Waals surface area contributed by atoms with Gasteiger partial charge in [-0.05, 0) is 40.5 Å². The molecule has 2 saturated heterocycles. The molecule has 0 aliphatic carbocycles. The van der Waals surface area contributed by atoms with Crippen molar-refractivity contribution < 1.29 is 19.0 Å². The number of carbonyl (C=O) groups is 1. The predicted molar refractivity (Wildman–Crippen MR) is 96.8 cm³/mol. The molecule has 140 valence electrons. The van der Waals surface area contributed by atoms with Crippen LogP contribution >= 0.6 is 12.8 Å². The summed E-state index contributed by atoms with van der Waals surface area (Å²) in [4.78, 5) is 12.2. The molecule has 2 aliphatic rings. The van der Waals surface area contributed by atoms with Crippen molar-refractivity contribution in [2.75, 3.05) is 19.8 Å². The van der Waals surface area contributed by atoms with Gasteiger partial charge in [0.25, 0.3) is 0 Å². The number of hydrogen-bond acceptors (Lipinski definition) is 6. The monoisotopic (exact) mass is 359 g/mol. The van der Waals surface area contributed by atoms with E-state index in [9.17, 15) is 4.79 Å². The van der Waals surface area contributed by atoms with Crippen molar-refractivity contribution in [2.24, 2.45) is 5.41 Å². The van der Waals surface area contributed by atoms with Crippen LogP contribution in [0, 0.1) is 5.41 Å². The molecule has 0 radical (unpaired) electrons. The van der Waals surface area contributed by atoms with E-state index >= 15 is 0 Å². The van der Waals surface area contributed by atoms with E-state index < -0.39 is 11.2 Å². The molecule has 5 nitrogen and oxygen atoms in total. The minimum Gasteiger partial charge on any atom is -0.465 e. The van der Waals surface area contributed by atoms with Gasteiger partial charge in [-0.25, -0.2) is 4.31 Å². The summed E-state index contributed by atoms with van der Waals surface area (Å²) in [5.74, 6) is -0.899. The molecule has 0 saturated carbocycles. The number of nitrogens with zero attached hydrogens (tertiary/aromatic N) is 1. The quantitative estimate of drug-likeness (QED) is 0.614. The zero-order valence-corrected chi connectivity index (χ0v) is 16.9. The topological polar surface area (TPSA) is 48.0 Å². The minimum atomic E-state index is -0.732. The minimum absolute atomic E-state index is 0.0808. The Balaban J connectivity index is 2.22. The van der Waals surface area contributed by atoms with Crippen LogP contribution in [-0.2, 0) is 19.0 Å². The van der Waals surface area contributed by atoms with Gasteiger partial charge in [-0.15, -0.1) is 0 Å². The second kappa shape index (κ2) is 6.78. The molecular weight excluding hydrogens is 326 g/mol. The van der Waals surface area contributed by atoms with Gasteiger partial charge in [0.1, 0.15) is 5.41 Å². The van der Waals surface area contributed by atoms with Crippen LogP contribution in [0.2, 0.25) is 0 Å². The van der Waals surface area contributed by atoms with E-state index in [1.54, 1.807) is 0 Å². The largest absolute Gasteiger partial charge is 0.465 e. The smallest absolute Gasteiger partial charge is 0.316 e. The van der Waals surface area contributed by atoms with Gasteiger partial charge in [0, 0.05) is 23.9 Å². The van der Waals surface area contributed by atoms with E-state index in [2.05, 4.69) is 32.0 Å². The Bertz CT molecular complexity index is 468. The van der Waals surface area contributed by atoms with Gasteiger partial charge in [-0.2, -0.15) is 0 Å². The Morgan fingerprint density at radius 3 is 2.08 bits per heavy atom. The van der Waals surface area contributed by atoms with Crippen LogP contribution in [0.4, 0.5) is 0 Å². The first-order valence-corrected chi connectivity index (χ1v) is 9.43. The fraction of sp³-hybridized carbons (Fsp3) is 0.944. The maximum atomic E-state index is 12.2. The van der Waals surface area contributed by atoms with Crippen molar-refractivity contribution in [3.05, 3.63) is 0 Å². The molecule has 0 amide bonds. The highest BCUT2D eigenvalue weighted by atomic mass is 32.1. The highest BCUT2D eigenvalue weighted by molar-refractivity contribution is 7.77. The summed E-state index contributed by atoms with van der Waals surface area (Å²) in [6, 6.07) is 0. The second-order valence-electron chi connectivity index (χ2n) is 8.18. The van der Waals surface area contributed by atoms with Crippen LogP contribution in [0.15, 0.2) is 0 Å². The summed E-state index contributed by atoms with van der Waals surface area (Å²) >= 11 is 4.83. The molecule has 2 fully saturated rings. The van der Waals surface area contributed by atoms with Crippen molar-refractivity contribution in [1.29, 1.82) is 0 Å². The van der Waals surface area contributed by atoms with Gasteiger partial charge in [-0.3, -0.25) is 4.79 Å². The Morgan fingerprint density at radius 1 is 1.08 bits per heavy atom. The predicted octanol–water partition coefficient (Wildman–Crippen LogP) is 3.58. The Morgan fingerprint density at radius 2 is 1.62 bits per heavy atom. The third-order valence-corrected chi connectivity index (χ3v) is 6.68. The maximum absolute atomic E-state index is 12.2. The molecule has 6 heteroatoms. The average Bonchev–Trinajstić information content (AvgIpc) is 2.54. The Kier molecular flexibility index (Phi) is 5.66. The van der Waals surface area contributed by atoms with Crippen LogP contribution in [0.3, 0.4) is 0 Å². The van der Waals surface area contributed by atoms with E-state index in [0.717, 1.165) is 25.7 Å². The Labute approximate surface area is 151 Å². The summed E-state index contributed by atoms with van der Waals surface area (Å²) in [6.45, 7) is 13.4. The number of rotatable bonds is 4. The summed E-state index contributed by atoms with van der Waals surface area (Å²) in [7, 11) is 0. The van der Waals surface area contributed by atoms with Crippen LogP contribution in [0.1, 0.15) is 67.2 Å². The van der Waals surface area contributed by atoms with Gasteiger partial charge in [-0.1, -0.05) is 26.7 Å². The SMILES string of the molecule is CCOC(=O)C1(C)COC2(CC(C)(C)N(S)C(CC)(CC)C2)OC1. The van der Waals surface area contributed by atoms with Crippen molar-refractivity contribution in [1.82, 2.24) is 4.31 Å². The lowest BCUT2D eigenvalue weighted by molar-refractivity contribution is -0.333. The third-order valence-electron chi connectivity index (χ3n) is 5.72. The standard InChI is InChI=1S/C18H33NO4S/c1-7-17(8-2)11-18(10-15(4,5)19(17)24)22-12-16(6,13-23-18)14(20)21-9-3/h24H,7-13H2,1-6H3. The number of ether oxygens (including phenoxy) is 3.